The highest BCUT2D eigenvalue weighted by molar-refractivity contribution is 6.07. The highest BCUT2D eigenvalue weighted by atomic mass is 16.7. The molecule has 0 unspecified atom stereocenters. The Bertz CT molecular complexity index is 769. The normalized spacial score (nSPS) is 22.6. The van der Waals surface area contributed by atoms with E-state index in [0.717, 1.165) is 5.56 Å². The Kier molecular flexibility index (Phi) is 5.91. The summed E-state index contributed by atoms with van der Waals surface area (Å²) in [6, 6.07) is 7.70. The summed E-state index contributed by atoms with van der Waals surface area (Å²) < 4.78 is 5.39. The molecule has 152 valence electrons. The number of ether oxygens (including phenoxy) is 1. The van der Waals surface area contributed by atoms with Crippen LogP contribution in [0.4, 0.5) is 0 Å². The maximum Gasteiger partial charge on any atom is 0.269 e. The zero-order valence-electron chi connectivity index (χ0n) is 17.0. The topological polar surface area (TPSA) is 80.2 Å². The van der Waals surface area contributed by atoms with E-state index in [1.54, 1.807) is 18.9 Å². The summed E-state index contributed by atoms with van der Waals surface area (Å²) in [5.41, 5.74) is 0.522. The molecule has 2 amide bonds. The minimum Gasteiger partial charge on any atom is -0.496 e. The number of likely N-dealkylation sites (tertiary alicyclic amines) is 1. The fourth-order valence-corrected chi connectivity index (χ4v) is 3.76. The maximum atomic E-state index is 13.1. The number of hydrogen-bond donors (Lipinski definition) is 1. The molecule has 2 aliphatic heterocycles. The molecule has 0 aromatic heterocycles. The average Bonchev–Trinajstić information content (AvgIpc) is 3.10. The number of nitrogens with one attached hydrogen (secondary N) is 1. The summed E-state index contributed by atoms with van der Waals surface area (Å²) in [5, 5.41) is 7.14. The van der Waals surface area contributed by atoms with E-state index < -0.39 is 5.60 Å². The number of benzene rings is 1. The standard InChI is InChI=1S/C21H29N3O4/c1-14(2)22-19(25)15-9-11-24(12-10-15)20(26)21(3)13-17(23-28-21)16-7-5-6-8-18(16)27-4/h5-8,14-15H,9-13H2,1-4H3,(H,22,25)/t21-/m1/s1. The van der Waals surface area contributed by atoms with E-state index >= 15 is 0 Å². The van der Waals surface area contributed by atoms with Crippen LogP contribution in [0.15, 0.2) is 29.4 Å². The van der Waals surface area contributed by atoms with Crippen molar-refractivity contribution in [3.8, 4) is 5.75 Å². The number of rotatable bonds is 5. The molecule has 0 bridgehead atoms. The Labute approximate surface area is 166 Å². The third-order valence-electron chi connectivity index (χ3n) is 5.32. The third kappa shape index (κ3) is 4.13. The lowest BCUT2D eigenvalue weighted by atomic mass is 9.91. The maximum absolute atomic E-state index is 13.1. The summed E-state index contributed by atoms with van der Waals surface area (Å²) >= 11 is 0. The number of piperidine rings is 1. The Morgan fingerprint density at radius 1 is 1.29 bits per heavy atom. The van der Waals surface area contributed by atoms with E-state index in [1.807, 2.05) is 38.1 Å². The van der Waals surface area contributed by atoms with E-state index in [-0.39, 0.29) is 23.8 Å². The quantitative estimate of drug-likeness (QED) is 0.841. The van der Waals surface area contributed by atoms with Crippen LogP contribution in [0.1, 0.15) is 45.6 Å². The summed E-state index contributed by atoms with van der Waals surface area (Å²) in [5.74, 6) is 0.666. The van der Waals surface area contributed by atoms with Crippen LogP contribution in [0.25, 0.3) is 0 Å². The van der Waals surface area contributed by atoms with Gasteiger partial charge in [-0.1, -0.05) is 17.3 Å². The molecule has 0 saturated carbocycles. The number of methoxy groups -OCH3 is 1. The molecule has 28 heavy (non-hydrogen) atoms. The van der Waals surface area contributed by atoms with E-state index in [0.29, 0.717) is 43.8 Å². The number of oxime groups is 1. The first-order valence-corrected chi connectivity index (χ1v) is 9.82. The summed E-state index contributed by atoms with van der Waals surface area (Å²) in [6.07, 6.45) is 1.72. The van der Waals surface area contributed by atoms with Crippen molar-refractivity contribution in [2.24, 2.45) is 11.1 Å². The van der Waals surface area contributed by atoms with Crippen molar-refractivity contribution >= 4 is 17.5 Å². The zero-order chi connectivity index (χ0) is 20.3. The number of amides is 2. The molecule has 1 N–H and O–H groups in total. The van der Waals surface area contributed by atoms with Crippen LogP contribution in [0.2, 0.25) is 0 Å². The van der Waals surface area contributed by atoms with Gasteiger partial charge in [0, 0.05) is 37.0 Å². The van der Waals surface area contributed by atoms with Crippen molar-refractivity contribution in [2.75, 3.05) is 20.2 Å². The van der Waals surface area contributed by atoms with Gasteiger partial charge >= 0.3 is 0 Å². The fourth-order valence-electron chi connectivity index (χ4n) is 3.76. The first kappa shape index (κ1) is 20.2. The second-order valence-electron chi connectivity index (χ2n) is 7.97. The van der Waals surface area contributed by atoms with Crippen molar-refractivity contribution in [1.82, 2.24) is 10.2 Å². The van der Waals surface area contributed by atoms with Gasteiger partial charge in [0.2, 0.25) is 11.5 Å². The SMILES string of the molecule is COc1ccccc1C1=NO[C@@](C)(C(=O)N2CCC(C(=O)NC(C)C)CC2)C1. The number of nitrogens with zero attached hydrogens (tertiary/aromatic N) is 2. The summed E-state index contributed by atoms with van der Waals surface area (Å²) in [6.45, 7) is 6.79. The molecular formula is C21H29N3O4. The smallest absolute Gasteiger partial charge is 0.269 e. The predicted molar refractivity (Wildman–Crippen MR) is 106 cm³/mol. The van der Waals surface area contributed by atoms with Crippen LogP contribution in [0.5, 0.6) is 5.75 Å². The van der Waals surface area contributed by atoms with Gasteiger partial charge in [0.05, 0.1) is 12.8 Å². The first-order chi connectivity index (χ1) is 13.3. The molecule has 1 aromatic carbocycles. The molecule has 2 aliphatic rings. The van der Waals surface area contributed by atoms with Crippen LogP contribution < -0.4 is 10.1 Å². The molecule has 0 spiro atoms. The first-order valence-electron chi connectivity index (χ1n) is 9.82. The molecular weight excluding hydrogens is 358 g/mol. The van der Waals surface area contributed by atoms with Crippen LogP contribution in [0.3, 0.4) is 0 Å². The average molecular weight is 387 g/mol. The van der Waals surface area contributed by atoms with Crippen LogP contribution in [-0.4, -0.2) is 54.3 Å². The van der Waals surface area contributed by atoms with Gasteiger partial charge in [0.25, 0.3) is 5.91 Å². The number of hydrogen-bond acceptors (Lipinski definition) is 5. The van der Waals surface area contributed by atoms with Crippen molar-refractivity contribution < 1.29 is 19.2 Å². The van der Waals surface area contributed by atoms with Crippen molar-refractivity contribution in [1.29, 1.82) is 0 Å². The minimum atomic E-state index is -1.02. The van der Waals surface area contributed by atoms with Gasteiger partial charge in [-0.2, -0.15) is 0 Å². The Morgan fingerprint density at radius 3 is 2.61 bits per heavy atom. The molecule has 0 aliphatic carbocycles. The van der Waals surface area contributed by atoms with Crippen LogP contribution >= 0.6 is 0 Å². The molecule has 7 nitrogen and oxygen atoms in total. The molecule has 7 heteroatoms. The van der Waals surface area contributed by atoms with Gasteiger partial charge in [0.1, 0.15) is 5.75 Å². The van der Waals surface area contributed by atoms with Gasteiger partial charge in [-0.25, -0.2) is 0 Å². The summed E-state index contributed by atoms with van der Waals surface area (Å²) in [7, 11) is 1.61. The van der Waals surface area contributed by atoms with Crippen LogP contribution in [-0.2, 0) is 14.4 Å². The monoisotopic (exact) mass is 387 g/mol. The number of para-hydroxylation sites is 1. The van der Waals surface area contributed by atoms with Crippen molar-refractivity contribution in [2.45, 2.75) is 51.7 Å². The number of carbonyl (C=O) groups is 2. The second-order valence-corrected chi connectivity index (χ2v) is 7.97. The zero-order valence-corrected chi connectivity index (χ0v) is 17.0. The van der Waals surface area contributed by atoms with E-state index in [9.17, 15) is 9.59 Å². The van der Waals surface area contributed by atoms with Crippen LogP contribution in [0, 0.1) is 5.92 Å². The highest BCUT2D eigenvalue weighted by Gasteiger charge is 2.46. The molecule has 3 rings (SSSR count). The fraction of sp³-hybridized carbons (Fsp3) is 0.571. The number of carbonyl (C=O) groups excluding carboxylic acids is 2. The van der Waals surface area contributed by atoms with Gasteiger partial charge in [-0.15, -0.1) is 0 Å². The predicted octanol–water partition coefficient (Wildman–Crippen LogP) is 2.34. The van der Waals surface area contributed by atoms with Gasteiger partial charge in [-0.3, -0.25) is 9.59 Å². The van der Waals surface area contributed by atoms with E-state index in [1.165, 1.54) is 0 Å². The van der Waals surface area contributed by atoms with Gasteiger partial charge < -0.3 is 19.8 Å². The van der Waals surface area contributed by atoms with E-state index in [4.69, 9.17) is 9.57 Å². The Morgan fingerprint density at radius 2 is 1.96 bits per heavy atom. The minimum absolute atomic E-state index is 0.0378. The molecule has 1 saturated heterocycles. The van der Waals surface area contributed by atoms with Crippen molar-refractivity contribution in [3.63, 3.8) is 0 Å². The Hall–Kier alpha value is -2.57. The molecule has 1 aromatic rings. The largest absolute Gasteiger partial charge is 0.496 e. The summed E-state index contributed by atoms with van der Waals surface area (Å²) in [4.78, 5) is 32.7. The van der Waals surface area contributed by atoms with Crippen molar-refractivity contribution in [3.05, 3.63) is 29.8 Å². The third-order valence-corrected chi connectivity index (χ3v) is 5.32. The highest BCUT2D eigenvalue weighted by Crippen LogP contribution is 2.32. The lowest BCUT2D eigenvalue weighted by molar-refractivity contribution is -0.155. The van der Waals surface area contributed by atoms with Gasteiger partial charge in [0.15, 0.2) is 0 Å². The lowest BCUT2D eigenvalue weighted by Crippen LogP contribution is -2.51. The molecule has 2 heterocycles. The van der Waals surface area contributed by atoms with E-state index in [2.05, 4.69) is 10.5 Å². The van der Waals surface area contributed by atoms with Gasteiger partial charge in [-0.05, 0) is 45.7 Å². The Balaban J connectivity index is 1.61. The molecule has 1 fully saturated rings. The lowest BCUT2D eigenvalue weighted by Gasteiger charge is -2.35. The molecule has 0 radical (unpaired) electrons. The molecule has 1 atom stereocenters. The second kappa shape index (κ2) is 8.20.